The van der Waals surface area contributed by atoms with Gasteiger partial charge < -0.3 is 20.5 Å². The summed E-state index contributed by atoms with van der Waals surface area (Å²) in [6.45, 7) is -0.318. The van der Waals surface area contributed by atoms with Crippen molar-refractivity contribution in [3.63, 3.8) is 0 Å². The highest BCUT2D eigenvalue weighted by Gasteiger charge is 2.07. The molecule has 9 heteroatoms. The quantitative estimate of drug-likeness (QED) is 0.452. The molecule has 0 bridgehead atoms. The van der Waals surface area contributed by atoms with E-state index in [2.05, 4.69) is 15.8 Å². The van der Waals surface area contributed by atoms with Gasteiger partial charge in [-0.2, -0.15) is 5.10 Å². The van der Waals surface area contributed by atoms with Gasteiger partial charge in [0.15, 0.2) is 18.1 Å². The number of halogens is 1. The van der Waals surface area contributed by atoms with E-state index in [0.717, 1.165) is 0 Å². The van der Waals surface area contributed by atoms with Crippen LogP contribution < -0.4 is 25.9 Å². The number of amides is 2. The van der Waals surface area contributed by atoms with E-state index in [1.54, 1.807) is 18.2 Å². The number of benzene rings is 2. The Bertz CT molecular complexity index is 825. The Kier molecular flexibility index (Phi) is 7.12. The topological polar surface area (TPSA) is 115 Å². The fraction of sp³-hybridized carbons (Fsp3) is 0.167. The van der Waals surface area contributed by atoms with E-state index in [1.807, 2.05) is 0 Å². The highest BCUT2D eigenvalue weighted by molar-refractivity contribution is 5.85. The van der Waals surface area contributed by atoms with Crippen LogP contribution in [0.1, 0.15) is 5.56 Å². The van der Waals surface area contributed by atoms with Gasteiger partial charge in [-0.3, -0.25) is 9.59 Å². The SMILES string of the molecule is COc1ccc(/C=N/NC(=O)CNc2ccc(F)cc2)cc1OCC(N)=O. The van der Waals surface area contributed by atoms with Crippen molar-refractivity contribution in [1.82, 2.24) is 5.43 Å². The number of hydrogen-bond donors (Lipinski definition) is 3. The number of methoxy groups -OCH3 is 1. The summed E-state index contributed by atoms with van der Waals surface area (Å²) in [6.07, 6.45) is 1.41. The number of hydrogen-bond acceptors (Lipinski definition) is 6. The molecule has 0 aliphatic carbocycles. The second-order valence-corrected chi connectivity index (χ2v) is 5.32. The molecule has 0 radical (unpaired) electrons. The van der Waals surface area contributed by atoms with E-state index < -0.39 is 5.91 Å². The number of nitrogens with zero attached hydrogens (tertiary/aromatic N) is 1. The molecule has 2 amide bonds. The van der Waals surface area contributed by atoms with Crippen molar-refractivity contribution in [3.05, 3.63) is 53.8 Å². The summed E-state index contributed by atoms with van der Waals surface area (Å²) in [7, 11) is 1.47. The van der Waals surface area contributed by atoms with Crippen LogP contribution in [0.4, 0.5) is 10.1 Å². The van der Waals surface area contributed by atoms with Gasteiger partial charge in [0.1, 0.15) is 5.82 Å². The van der Waals surface area contributed by atoms with Gasteiger partial charge >= 0.3 is 0 Å². The summed E-state index contributed by atoms with van der Waals surface area (Å²) in [6, 6.07) is 10.6. The molecule has 0 saturated carbocycles. The number of nitrogens with two attached hydrogens (primary N) is 1. The second kappa shape index (κ2) is 9.76. The van der Waals surface area contributed by atoms with Gasteiger partial charge in [-0.25, -0.2) is 9.82 Å². The molecule has 2 aromatic rings. The Morgan fingerprint density at radius 2 is 1.93 bits per heavy atom. The molecule has 0 fully saturated rings. The molecule has 0 aliphatic rings. The maximum atomic E-state index is 12.8. The largest absolute Gasteiger partial charge is 0.493 e. The van der Waals surface area contributed by atoms with Crippen molar-refractivity contribution in [3.8, 4) is 11.5 Å². The zero-order chi connectivity index (χ0) is 19.6. The number of hydrazone groups is 1. The lowest BCUT2D eigenvalue weighted by Crippen LogP contribution is -2.25. The standard InChI is InChI=1S/C18H19FN4O4/c1-26-15-7-2-12(8-16(15)27-11-17(20)24)9-22-23-18(25)10-21-14-5-3-13(19)4-6-14/h2-9,21H,10-11H2,1H3,(H2,20,24)(H,23,25)/b22-9+. The number of carbonyl (C=O) groups excluding carboxylic acids is 2. The van der Waals surface area contributed by atoms with Gasteiger partial charge in [0.2, 0.25) is 0 Å². The number of primary amides is 1. The maximum Gasteiger partial charge on any atom is 0.259 e. The Morgan fingerprint density at radius 3 is 2.59 bits per heavy atom. The van der Waals surface area contributed by atoms with Gasteiger partial charge in [0.25, 0.3) is 11.8 Å². The van der Waals surface area contributed by atoms with Crippen LogP contribution in [0.25, 0.3) is 0 Å². The molecule has 0 aromatic heterocycles. The van der Waals surface area contributed by atoms with Gasteiger partial charge in [0, 0.05) is 5.69 Å². The van der Waals surface area contributed by atoms with Crippen molar-refractivity contribution < 1.29 is 23.5 Å². The Hall–Kier alpha value is -3.62. The molecule has 0 spiro atoms. The highest BCUT2D eigenvalue weighted by atomic mass is 19.1. The monoisotopic (exact) mass is 374 g/mol. The lowest BCUT2D eigenvalue weighted by molar-refractivity contribution is -0.120. The first-order valence-electron chi connectivity index (χ1n) is 7.88. The predicted octanol–water partition coefficient (Wildman–Crippen LogP) is 1.26. The van der Waals surface area contributed by atoms with Crippen LogP contribution in [0, 0.1) is 5.82 Å². The first-order chi connectivity index (χ1) is 13.0. The van der Waals surface area contributed by atoms with Crippen LogP contribution in [0.15, 0.2) is 47.6 Å². The van der Waals surface area contributed by atoms with Crippen LogP contribution in [-0.2, 0) is 9.59 Å². The lowest BCUT2D eigenvalue weighted by atomic mass is 10.2. The van der Waals surface area contributed by atoms with Gasteiger partial charge in [-0.05, 0) is 48.0 Å². The fourth-order valence-electron chi connectivity index (χ4n) is 2.00. The normalized spacial score (nSPS) is 10.4. The van der Waals surface area contributed by atoms with Crippen LogP contribution in [0.2, 0.25) is 0 Å². The number of ether oxygens (including phenoxy) is 2. The Balaban J connectivity index is 1.88. The first kappa shape index (κ1) is 19.7. The summed E-state index contributed by atoms with van der Waals surface area (Å²) in [5, 5.41) is 6.69. The molecule has 2 aromatic carbocycles. The van der Waals surface area contributed by atoms with Crippen LogP contribution in [0.3, 0.4) is 0 Å². The van der Waals surface area contributed by atoms with Crippen molar-refractivity contribution >= 4 is 23.7 Å². The van der Waals surface area contributed by atoms with Crippen molar-refractivity contribution in [2.24, 2.45) is 10.8 Å². The highest BCUT2D eigenvalue weighted by Crippen LogP contribution is 2.27. The van der Waals surface area contributed by atoms with E-state index in [4.69, 9.17) is 15.2 Å². The molecule has 4 N–H and O–H groups in total. The predicted molar refractivity (Wildman–Crippen MR) is 98.3 cm³/mol. The van der Waals surface area contributed by atoms with E-state index in [1.165, 1.54) is 37.6 Å². The zero-order valence-electron chi connectivity index (χ0n) is 14.6. The van der Waals surface area contributed by atoms with Gasteiger partial charge in [-0.15, -0.1) is 0 Å². The third-order valence-electron chi connectivity index (χ3n) is 3.26. The van der Waals surface area contributed by atoms with Crippen molar-refractivity contribution in [1.29, 1.82) is 0 Å². The molecule has 8 nitrogen and oxygen atoms in total. The molecular weight excluding hydrogens is 355 g/mol. The average molecular weight is 374 g/mol. The summed E-state index contributed by atoms with van der Waals surface area (Å²) >= 11 is 0. The lowest BCUT2D eigenvalue weighted by Gasteiger charge is -2.09. The molecule has 0 unspecified atom stereocenters. The number of rotatable bonds is 9. The molecule has 0 aliphatic heterocycles. The zero-order valence-corrected chi connectivity index (χ0v) is 14.6. The molecule has 0 atom stereocenters. The minimum Gasteiger partial charge on any atom is -0.493 e. The Morgan fingerprint density at radius 1 is 1.19 bits per heavy atom. The smallest absolute Gasteiger partial charge is 0.259 e. The van der Waals surface area contributed by atoms with Crippen molar-refractivity contribution in [2.45, 2.75) is 0 Å². The summed E-state index contributed by atoms with van der Waals surface area (Å²) in [4.78, 5) is 22.6. The molecule has 142 valence electrons. The number of anilines is 1. The fourth-order valence-corrected chi connectivity index (χ4v) is 2.00. The number of carbonyl (C=O) groups is 2. The van der Waals surface area contributed by atoms with E-state index in [9.17, 15) is 14.0 Å². The second-order valence-electron chi connectivity index (χ2n) is 5.32. The summed E-state index contributed by atoms with van der Waals surface area (Å²) < 4.78 is 23.2. The summed E-state index contributed by atoms with van der Waals surface area (Å²) in [5.41, 5.74) is 8.64. The van der Waals surface area contributed by atoms with E-state index in [-0.39, 0.29) is 24.9 Å². The molecule has 27 heavy (non-hydrogen) atoms. The first-order valence-corrected chi connectivity index (χ1v) is 7.88. The molecule has 2 rings (SSSR count). The minimum absolute atomic E-state index is 0.0292. The maximum absolute atomic E-state index is 12.8. The van der Waals surface area contributed by atoms with E-state index >= 15 is 0 Å². The summed E-state index contributed by atoms with van der Waals surface area (Å²) in [5.74, 6) is -0.593. The molecule has 0 heterocycles. The van der Waals surface area contributed by atoms with Gasteiger partial charge in [0.05, 0.1) is 19.9 Å². The van der Waals surface area contributed by atoms with Crippen LogP contribution in [0.5, 0.6) is 11.5 Å². The van der Waals surface area contributed by atoms with Crippen molar-refractivity contribution in [2.75, 3.05) is 25.6 Å². The number of nitrogens with one attached hydrogen (secondary N) is 2. The Labute approximate surface area is 155 Å². The third-order valence-corrected chi connectivity index (χ3v) is 3.26. The van der Waals surface area contributed by atoms with Crippen LogP contribution in [-0.4, -0.2) is 38.3 Å². The molecule has 0 saturated heterocycles. The molecular formula is C18H19FN4O4. The van der Waals surface area contributed by atoms with Crippen LogP contribution >= 0.6 is 0 Å². The third kappa shape index (κ3) is 6.65. The van der Waals surface area contributed by atoms with E-state index in [0.29, 0.717) is 22.7 Å². The average Bonchev–Trinajstić information content (AvgIpc) is 2.66. The van der Waals surface area contributed by atoms with Gasteiger partial charge in [-0.1, -0.05) is 0 Å². The minimum atomic E-state index is -0.614.